The number of hydrogen-bond donors (Lipinski definition) is 31. The molecule has 1 aliphatic heterocycles. The topological polar surface area (TPSA) is 862 Å². The summed E-state index contributed by atoms with van der Waals surface area (Å²) in [5, 5.41) is 128. The van der Waals surface area contributed by atoms with Gasteiger partial charge in [-0.2, -0.15) is 0 Å². The maximum Gasteiger partial charge on any atom is 0.328 e. The molecular formula is C84H125N23O28. The van der Waals surface area contributed by atoms with E-state index in [1.165, 1.54) is 86.6 Å². The number of aliphatic hydroxyl groups is 3. The predicted octanol–water partition coefficient (Wildman–Crippen LogP) is -10.6. The molecule has 0 aromatic heterocycles. The van der Waals surface area contributed by atoms with Crippen LogP contribution in [0.3, 0.4) is 0 Å². The summed E-state index contributed by atoms with van der Waals surface area (Å²) in [6.07, 6.45) is -6.86. The smallest absolute Gasteiger partial charge is 0.328 e. The number of aliphatic carboxylic acids is 3. The number of aromatic hydroxyl groups is 2. The third-order valence-corrected chi connectivity index (χ3v) is 20.7. The van der Waals surface area contributed by atoms with Crippen molar-refractivity contribution in [3.8, 4) is 11.5 Å². The van der Waals surface area contributed by atoms with Crippen LogP contribution < -0.4 is 119 Å². The number of nitrogens with one attached hydrogen (secondary N) is 18. The van der Waals surface area contributed by atoms with Gasteiger partial charge in [-0.25, -0.2) is 4.79 Å². The first-order chi connectivity index (χ1) is 63.8. The molecule has 0 bridgehead atoms. The van der Waals surface area contributed by atoms with Crippen molar-refractivity contribution in [2.75, 3.05) is 46.0 Å². The molecule has 51 heteroatoms. The van der Waals surface area contributed by atoms with Gasteiger partial charge in [0.15, 0.2) is 5.96 Å². The van der Waals surface area contributed by atoms with Gasteiger partial charge in [0.05, 0.1) is 45.5 Å². The molecule has 51 nitrogen and oxygen atoms in total. The van der Waals surface area contributed by atoms with E-state index in [1.54, 1.807) is 19.9 Å². The number of aliphatic hydroxyl groups excluding tert-OH is 3. The third kappa shape index (κ3) is 40.8. The van der Waals surface area contributed by atoms with Gasteiger partial charge in [0.25, 0.3) is 0 Å². The Balaban J connectivity index is 1.95. The van der Waals surface area contributed by atoms with Crippen molar-refractivity contribution in [3.05, 3.63) is 95.6 Å². The van der Waals surface area contributed by atoms with Crippen LogP contribution in [0.25, 0.3) is 0 Å². The van der Waals surface area contributed by atoms with Crippen molar-refractivity contribution in [1.29, 1.82) is 5.41 Å². The van der Waals surface area contributed by atoms with Crippen LogP contribution in [0.15, 0.2) is 78.9 Å². The number of carbonyl (C=O) groups is 20. The molecule has 1 heterocycles. The summed E-state index contributed by atoms with van der Waals surface area (Å²) in [4.78, 5) is 282. The Morgan fingerprint density at radius 1 is 0.437 bits per heavy atom. The van der Waals surface area contributed by atoms with E-state index in [4.69, 9.17) is 34.1 Å². The van der Waals surface area contributed by atoms with Crippen molar-refractivity contribution < 1.29 is 137 Å². The van der Waals surface area contributed by atoms with Crippen LogP contribution in [0.5, 0.6) is 11.5 Å². The van der Waals surface area contributed by atoms with E-state index in [9.17, 15) is 122 Å². The van der Waals surface area contributed by atoms with Gasteiger partial charge < -0.3 is 160 Å². The summed E-state index contributed by atoms with van der Waals surface area (Å²) in [5.74, 6) is -29.6. The number of phenols is 2. The molecule has 3 aromatic rings. The zero-order valence-electron chi connectivity index (χ0n) is 74.8. The highest BCUT2D eigenvalue weighted by Crippen LogP contribution is 2.18. The van der Waals surface area contributed by atoms with Crippen LogP contribution in [0, 0.1) is 17.2 Å². The molecule has 1 aliphatic rings. The van der Waals surface area contributed by atoms with Gasteiger partial charge in [-0.05, 0) is 124 Å². The summed E-state index contributed by atoms with van der Waals surface area (Å²) >= 11 is 0. The summed E-state index contributed by atoms with van der Waals surface area (Å²) in [5.41, 5.74) is 30.0. The standard InChI is InChI=1S/C84H125N23O28/c1-41(2)29-52-72(123)100-57(76(127)94-49(15-8-10-26-85)69(120)93-50(16-9-11-27-86)70(121)97-55(32-45-20-24-47(112)25-21-45)73(124)95-51(17-12-28-91-84(89)90)71(122)106-62(40-110)83(134)135)34-64(114)92-37-48(87)68(119)96-53(31-44-18-22-46(111)23-19-44)74(125)98-54(30-43-13-6-5-7-14-43)75(126)101-58(35-65(115)116)77(128)102-59(36-66(117)118)78(129)104-61(39-109)81(132)105-60(38-108)80(131)99-56(33-63(88)113)79(130)107-67(42(3)4)82(133)103-52/h5-7,13-14,18-25,41-42,48-62,67,108-112H,8-12,15-17,26-40,85-87H2,1-4H3,(H2,88,113)(H,92,114)(H,93,120)(H,94,127)(H,95,124)(H,96,119)(H,97,121)(H,98,125)(H,99,131)(H,100,123)(H,101,126)(H,102,128)(H,103,133)(H,104,129)(H,105,132)(H,106,122)(H,107,130)(H,115,116)(H,117,118)(H,134,135)(H4,89,90,91)/t48?,49?,50-,51-,52-,53-,54?,55?,56-,57?,58-,59?,60?,61-,62?,67?/m0/s1. The average Bonchev–Trinajstić information content (AvgIpc) is 0.859. The molecule has 135 heavy (non-hydrogen) atoms. The molecule has 17 amide bonds. The predicted molar refractivity (Wildman–Crippen MR) is 475 cm³/mol. The number of carboxylic acids is 3. The fourth-order valence-corrected chi connectivity index (χ4v) is 13.4. The van der Waals surface area contributed by atoms with E-state index in [2.05, 4.69) is 74.4 Å². The number of benzene rings is 3. The number of hydrogen-bond acceptors (Lipinski definition) is 29. The summed E-state index contributed by atoms with van der Waals surface area (Å²) in [7, 11) is 0. The minimum absolute atomic E-state index is 0.00726. The van der Waals surface area contributed by atoms with Crippen molar-refractivity contribution in [1.82, 2.24) is 90.4 Å². The van der Waals surface area contributed by atoms with Crippen molar-refractivity contribution >= 4 is 124 Å². The Hall–Kier alpha value is -14.3. The second kappa shape index (κ2) is 57.9. The highest BCUT2D eigenvalue weighted by molar-refractivity contribution is 6.03. The quantitative estimate of drug-likeness (QED) is 0.0142. The Morgan fingerprint density at radius 3 is 1.26 bits per heavy atom. The third-order valence-electron chi connectivity index (χ3n) is 20.7. The van der Waals surface area contributed by atoms with Gasteiger partial charge >= 0.3 is 17.9 Å². The lowest BCUT2D eigenvalue weighted by atomic mass is 9.99. The number of carbonyl (C=O) groups excluding carboxylic acids is 17. The Bertz CT molecular complexity index is 4590. The number of primary amides is 1. The van der Waals surface area contributed by atoms with E-state index >= 15 is 14.4 Å². The zero-order valence-corrected chi connectivity index (χ0v) is 74.8. The number of nitrogens with two attached hydrogens (primary N) is 5. The normalized spacial score (nSPS) is 21.4. The van der Waals surface area contributed by atoms with Gasteiger partial charge in [0, 0.05) is 32.4 Å². The number of unbranched alkanes of at least 4 members (excludes halogenated alkanes) is 2. The van der Waals surface area contributed by atoms with Crippen molar-refractivity contribution in [2.45, 2.75) is 227 Å². The van der Waals surface area contributed by atoms with Crippen LogP contribution in [0.4, 0.5) is 0 Å². The summed E-state index contributed by atoms with van der Waals surface area (Å²) < 4.78 is 0. The lowest BCUT2D eigenvalue weighted by Gasteiger charge is -2.29. The maximum absolute atomic E-state index is 15.3. The maximum atomic E-state index is 15.3. The number of phenolic OH excluding ortho intramolecular Hbond substituents is 2. The number of guanidine groups is 1. The fraction of sp³-hybridized carbons (Fsp3) is 0.536. The van der Waals surface area contributed by atoms with Gasteiger partial charge in [0.2, 0.25) is 100 Å². The Kier molecular flexibility index (Phi) is 48.4. The lowest BCUT2D eigenvalue weighted by Crippen LogP contribution is -2.62. The highest BCUT2D eigenvalue weighted by atomic mass is 16.4. The minimum atomic E-state index is -2.31. The van der Waals surface area contributed by atoms with E-state index in [-0.39, 0.29) is 94.5 Å². The van der Waals surface area contributed by atoms with Crippen molar-refractivity contribution in [2.24, 2.45) is 40.5 Å². The number of amides is 17. The van der Waals surface area contributed by atoms with Crippen LogP contribution in [-0.4, -0.2) is 308 Å². The second-order valence-corrected chi connectivity index (χ2v) is 32.6. The van der Waals surface area contributed by atoms with Crippen LogP contribution in [0.2, 0.25) is 0 Å². The fourth-order valence-electron chi connectivity index (χ4n) is 13.4. The zero-order chi connectivity index (χ0) is 101. The molecule has 16 atom stereocenters. The Labute approximate surface area is 774 Å². The first-order valence-corrected chi connectivity index (χ1v) is 43.2. The molecule has 0 spiro atoms. The molecule has 0 aliphatic carbocycles. The summed E-state index contributed by atoms with van der Waals surface area (Å²) in [6, 6.07) is -12.9. The number of rotatable bonds is 41. The van der Waals surface area contributed by atoms with Gasteiger partial charge in [0.1, 0.15) is 108 Å². The molecule has 36 N–H and O–H groups in total. The van der Waals surface area contributed by atoms with E-state index < -0.39 is 304 Å². The summed E-state index contributed by atoms with van der Waals surface area (Å²) in [6.45, 7) is 1.27. The van der Waals surface area contributed by atoms with E-state index in [0.717, 1.165) is 0 Å². The molecule has 1 fully saturated rings. The Morgan fingerprint density at radius 2 is 0.822 bits per heavy atom. The van der Waals surface area contributed by atoms with E-state index in [0.29, 0.717) is 11.1 Å². The first-order valence-electron chi connectivity index (χ1n) is 43.2. The largest absolute Gasteiger partial charge is 0.508 e. The number of carboxylic acid groups (broad SMARTS) is 3. The molecule has 9 unspecified atom stereocenters. The molecule has 0 saturated carbocycles. The van der Waals surface area contributed by atoms with Gasteiger partial charge in [-0.3, -0.25) is 96.5 Å². The molecular weight excluding hydrogens is 1780 g/mol. The minimum Gasteiger partial charge on any atom is -0.508 e. The van der Waals surface area contributed by atoms with Crippen LogP contribution in [-0.2, 0) is 115 Å². The molecule has 744 valence electrons. The van der Waals surface area contributed by atoms with Gasteiger partial charge in [-0.15, -0.1) is 0 Å². The lowest BCUT2D eigenvalue weighted by molar-refractivity contribution is -0.143. The van der Waals surface area contributed by atoms with E-state index in [1.807, 2.05) is 16.0 Å². The molecule has 3 aromatic carbocycles. The van der Waals surface area contributed by atoms with Crippen LogP contribution >= 0.6 is 0 Å². The second-order valence-electron chi connectivity index (χ2n) is 32.6. The van der Waals surface area contributed by atoms with Gasteiger partial charge in [-0.1, -0.05) is 82.3 Å². The monoisotopic (exact) mass is 1900 g/mol. The first kappa shape index (κ1) is 113. The molecule has 0 radical (unpaired) electrons. The molecule has 1 saturated heterocycles. The van der Waals surface area contributed by atoms with Crippen LogP contribution in [0.1, 0.15) is 128 Å². The SMILES string of the molecule is CC(C)C[C@@H]1NC(=O)C(C(C)C)NC(=O)[C@H](CC(N)=O)NC(=O)C(CO)NC(=O)[C@H](CO)NC(=O)C(CC(=O)O)NC(=O)[C@H](CC(=O)O)NC(=O)C(Cc2ccccc2)NC(=O)[C@H](Cc2ccc(O)cc2)NC(=O)C(N)CNC(=O)CC(C(=O)NC(CCCCN)C(=O)N[C@@H](CCCCN)C(=O)NC(Cc2ccc(O)cc2)C(=O)N[C@@H](CCCNC(=N)N)C(=O)NC(CO)C(=O)O)NC1=O. The highest BCUT2D eigenvalue weighted by Gasteiger charge is 2.41. The average molecular weight is 1910 g/mol. The van der Waals surface area contributed by atoms with Crippen molar-refractivity contribution in [3.63, 3.8) is 0 Å². The molecule has 4 rings (SSSR count).